The molecule has 0 aromatic carbocycles. The molecule has 2 N–H and O–H groups in total. The Morgan fingerprint density at radius 1 is 0.561 bits per heavy atom. The molecule has 0 bridgehead atoms. The summed E-state index contributed by atoms with van der Waals surface area (Å²) in [7, 11) is -9.89. The molecule has 0 saturated carbocycles. The number of hydrogen-bond acceptors (Lipinski definition) is 18. The average molecular weight is 886 g/mol. The largest absolute Gasteiger partial charge is 2.00 e. The molecule has 0 unspecified atom stereocenters. The Balaban J connectivity index is -0.000000947. The number of carboxylic acids is 2. The molecule has 3 rings (SSSR count). The molecule has 1 saturated heterocycles. The van der Waals surface area contributed by atoms with E-state index in [1.54, 1.807) is 34.1 Å². The summed E-state index contributed by atoms with van der Waals surface area (Å²) >= 11 is 0. The van der Waals surface area contributed by atoms with Gasteiger partial charge < -0.3 is 39.1 Å². The van der Waals surface area contributed by atoms with Crippen molar-refractivity contribution >= 4 is 49.7 Å². The molecule has 0 atom stereocenters. The Kier molecular flexibility index (Phi) is 37.0. The Bertz CT molecular complexity index is 1180. The number of hydrogen-bond donors (Lipinski definition) is 2. The second-order valence-electron chi connectivity index (χ2n) is 11.8. The van der Waals surface area contributed by atoms with Crippen molar-refractivity contribution in [3.05, 3.63) is 59.2 Å². The zero-order valence-electron chi connectivity index (χ0n) is 33.7. The molecule has 20 nitrogen and oxygen atoms in total. The summed E-state index contributed by atoms with van der Waals surface area (Å²) in [4.78, 5) is 37.9. The monoisotopic (exact) mass is 884 g/mol. The number of carbonyl (C=O) groups is 2. The standard InChI is InChI=1S/C22H28N4O6.2C6H15N.Ca.2ClHO4/c27-21(28)19-5-1-3-17(23-19)15-25-7-11-31-13-9-26(10-14-32-12-8-25)16-18-4-2-6-20(24-18)22(29)30;2*1-4-7(5-2)6-3;;2*2-1(3,4)5/h1-6H,7-16H2,(H,27,28)(H,29,30);2*4-6H2,1-3H3;;2*(H,2,3,4,5)/q;;;+2;;/p-2. The Morgan fingerprint density at radius 2 is 0.807 bits per heavy atom. The molecule has 3 heterocycles. The minimum Gasteiger partial charge on any atom is -0.543 e. The van der Waals surface area contributed by atoms with Crippen LogP contribution in [0.4, 0.5) is 0 Å². The van der Waals surface area contributed by atoms with E-state index in [4.69, 9.17) is 46.7 Å². The Morgan fingerprint density at radius 3 is 1.00 bits per heavy atom. The van der Waals surface area contributed by atoms with Gasteiger partial charge in [-0.2, -0.15) is 0 Å². The number of carboxylic acid groups (broad SMARTS) is 2. The number of rotatable bonds is 12. The van der Waals surface area contributed by atoms with E-state index in [-0.39, 0.29) is 49.1 Å². The number of nitrogens with one attached hydrogen (secondary N) is 2. The van der Waals surface area contributed by atoms with Crippen LogP contribution in [0, 0.1) is 20.5 Å². The van der Waals surface area contributed by atoms with E-state index in [1.807, 2.05) is 0 Å². The van der Waals surface area contributed by atoms with Gasteiger partial charge in [0.05, 0.1) is 100 Å². The normalized spacial score (nSPS) is 14.3. The molecule has 0 amide bonds. The van der Waals surface area contributed by atoms with Crippen LogP contribution in [0.25, 0.3) is 0 Å². The third-order valence-corrected chi connectivity index (χ3v) is 8.01. The molecule has 23 heteroatoms. The maximum absolute atomic E-state index is 11.0. The zero-order valence-corrected chi connectivity index (χ0v) is 37.5. The number of halogens is 2. The summed E-state index contributed by atoms with van der Waals surface area (Å²) < 4.78 is 79.5. The fourth-order valence-corrected chi connectivity index (χ4v) is 4.84. The van der Waals surface area contributed by atoms with Crippen LogP contribution in [-0.2, 0) is 22.6 Å². The number of pyridine rings is 2. The van der Waals surface area contributed by atoms with Gasteiger partial charge in [0.1, 0.15) is 0 Å². The van der Waals surface area contributed by atoms with Gasteiger partial charge in [-0.1, -0.05) is 12.1 Å². The second-order valence-corrected chi connectivity index (χ2v) is 13.3. The molecule has 1 aliphatic rings. The molecule has 57 heavy (non-hydrogen) atoms. The van der Waals surface area contributed by atoms with E-state index in [9.17, 15) is 19.8 Å². The first-order chi connectivity index (χ1) is 26.2. The fourth-order valence-electron chi connectivity index (χ4n) is 4.84. The van der Waals surface area contributed by atoms with Crippen molar-refractivity contribution in [2.75, 3.05) is 91.9 Å². The topological polar surface area (TPSA) is 324 Å². The Hall–Kier alpha value is -1.48. The van der Waals surface area contributed by atoms with Gasteiger partial charge in [-0.25, -0.2) is 37.3 Å². The molecule has 2 aromatic heterocycles. The number of nitrogens with zero attached hydrogens (tertiary/aromatic N) is 4. The first-order valence-electron chi connectivity index (χ1n) is 18.1. The summed E-state index contributed by atoms with van der Waals surface area (Å²) in [6, 6.07) is 9.71. The second kappa shape index (κ2) is 35.3. The maximum Gasteiger partial charge on any atom is 2.00 e. The van der Waals surface area contributed by atoms with Crippen molar-refractivity contribution in [2.45, 2.75) is 54.6 Å². The minimum atomic E-state index is -4.94. The van der Waals surface area contributed by atoms with E-state index in [2.05, 4.69) is 61.3 Å². The predicted octanol–water partition coefficient (Wildman–Crippen LogP) is -11.5. The van der Waals surface area contributed by atoms with E-state index in [0.717, 1.165) is 0 Å². The molecule has 0 aliphatic carbocycles. The number of carbonyl (C=O) groups excluding carboxylic acids is 2. The zero-order chi connectivity index (χ0) is 43.2. The number of ether oxygens (including phenoxy) is 2. The van der Waals surface area contributed by atoms with Gasteiger partial charge in [0.25, 0.3) is 0 Å². The van der Waals surface area contributed by atoms with Gasteiger partial charge in [0.2, 0.25) is 0 Å². The predicted molar refractivity (Wildman–Crippen MR) is 180 cm³/mol. The molecule has 0 radical (unpaired) electrons. The summed E-state index contributed by atoms with van der Waals surface area (Å²) in [5.41, 5.74) is 1.14. The summed E-state index contributed by atoms with van der Waals surface area (Å²) in [6.45, 7) is 26.6. The van der Waals surface area contributed by atoms with Crippen molar-refractivity contribution in [1.82, 2.24) is 19.8 Å². The molecule has 324 valence electrons. The van der Waals surface area contributed by atoms with Crippen LogP contribution >= 0.6 is 0 Å². The smallest absolute Gasteiger partial charge is 0.543 e. The van der Waals surface area contributed by atoms with Gasteiger partial charge in [0, 0.05) is 39.3 Å². The van der Waals surface area contributed by atoms with Gasteiger partial charge in [0.15, 0.2) is 0 Å². The van der Waals surface area contributed by atoms with E-state index in [1.165, 1.54) is 51.4 Å². The van der Waals surface area contributed by atoms with Crippen molar-refractivity contribution in [3.63, 3.8) is 0 Å². The van der Waals surface area contributed by atoms with Crippen molar-refractivity contribution in [1.29, 1.82) is 0 Å². The molecule has 2 aromatic rings. The van der Waals surface area contributed by atoms with Crippen LogP contribution < -0.4 is 57.3 Å². The third kappa shape index (κ3) is 38.5. The molecular weight excluding hydrogens is 827 g/mol. The van der Waals surface area contributed by atoms with E-state index in [0.29, 0.717) is 77.1 Å². The maximum atomic E-state index is 11.0. The first-order valence-corrected chi connectivity index (χ1v) is 20.5. The van der Waals surface area contributed by atoms with Gasteiger partial charge in [-0.15, -0.1) is 20.5 Å². The summed E-state index contributed by atoms with van der Waals surface area (Å²) in [6.07, 6.45) is 0. The number of aromatic carboxylic acids is 2. The molecule has 1 aliphatic heterocycles. The van der Waals surface area contributed by atoms with E-state index < -0.39 is 32.4 Å². The summed E-state index contributed by atoms with van der Waals surface area (Å²) in [5, 5.41) is 22.0. The van der Waals surface area contributed by atoms with Crippen LogP contribution in [0.15, 0.2) is 36.4 Å². The van der Waals surface area contributed by atoms with Crippen LogP contribution in [0.5, 0.6) is 0 Å². The molecular formula is C34H58CaCl2N6O14. The van der Waals surface area contributed by atoms with E-state index >= 15 is 0 Å². The van der Waals surface area contributed by atoms with Gasteiger partial charge >= 0.3 is 37.7 Å². The quantitative estimate of drug-likeness (QED) is 0.187. The first kappa shape index (κ1) is 59.8. The Labute approximate surface area is 369 Å². The van der Waals surface area contributed by atoms with Gasteiger partial charge in [-0.3, -0.25) is 19.8 Å². The van der Waals surface area contributed by atoms with Gasteiger partial charge in [-0.05, 0) is 65.8 Å². The van der Waals surface area contributed by atoms with Crippen LogP contribution in [0.3, 0.4) is 0 Å². The number of aromatic nitrogens is 2. The van der Waals surface area contributed by atoms with Crippen molar-refractivity contribution in [3.8, 4) is 0 Å². The van der Waals surface area contributed by atoms with Crippen molar-refractivity contribution < 1.29 is 96.8 Å². The van der Waals surface area contributed by atoms with Crippen LogP contribution in [-0.4, -0.2) is 161 Å². The number of quaternary nitrogens is 2. The molecule has 0 spiro atoms. The fraction of sp³-hybridized carbons (Fsp3) is 0.647. The average Bonchev–Trinajstić information content (AvgIpc) is 3.11. The minimum absolute atomic E-state index is 0. The van der Waals surface area contributed by atoms with Crippen LogP contribution in [0.1, 0.15) is 73.9 Å². The van der Waals surface area contributed by atoms with Crippen LogP contribution in [0.2, 0.25) is 0 Å². The third-order valence-electron chi connectivity index (χ3n) is 8.01. The van der Waals surface area contributed by atoms with Crippen molar-refractivity contribution in [2.24, 2.45) is 0 Å². The summed E-state index contributed by atoms with van der Waals surface area (Å²) in [5.74, 6) is -2.59. The molecule has 1 fully saturated rings. The SMILES string of the molecule is CC[NH+](CC)CC.CC[NH+](CC)CC.O=C([O-])c1cccc(CN2CCOCCN(Cc3cccc(C(=O)[O-])n3)CCOCC2)n1.[Ca+2].[O-][Cl+3]([O-])([O-])[O-].[O-][Cl+3]([O-])([O-])[O-].